The first-order valence-electron chi connectivity index (χ1n) is 13.8. The van der Waals surface area contributed by atoms with Gasteiger partial charge in [-0.25, -0.2) is 0 Å². The second kappa shape index (κ2) is 14.7. The van der Waals surface area contributed by atoms with Crippen molar-refractivity contribution in [2.45, 2.75) is 117 Å². The van der Waals surface area contributed by atoms with Crippen molar-refractivity contribution >= 4 is 11.9 Å². The first-order chi connectivity index (χ1) is 17.0. The molecule has 0 aromatic carbocycles. The van der Waals surface area contributed by atoms with E-state index < -0.39 is 0 Å². The van der Waals surface area contributed by atoms with Crippen LogP contribution in [0, 0.1) is 17.8 Å². The van der Waals surface area contributed by atoms with Crippen molar-refractivity contribution in [3.8, 4) is 0 Å². The van der Waals surface area contributed by atoms with Gasteiger partial charge < -0.3 is 19.5 Å². The normalized spacial score (nSPS) is 31.8. The summed E-state index contributed by atoms with van der Waals surface area (Å²) in [6.07, 6.45) is 16.1. The van der Waals surface area contributed by atoms with Gasteiger partial charge in [0.25, 0.3) is 0 Å². The van der Waals surface area contributed by atoms with Crippen molar-refractivity contribution < 1.29 is 24.2 Å². The molecule has 2 heterocycles. The number of rotatable bonds is 9. The minimum absolute atomic E-state index is 0.0707. The number of esters is 1. The Kier molecular flexibility index (Phi) is 12.4. The second-order valence-electron chi connectivity index (χ2n) is 10.9. The SMILES string of the molecule is CC[C@H](O)[C@@H](C)[C@H]1O[C@H]1C[C@H](C)/C=C/C=C(\C)C1[C@@H](C)/C=C/C(OC(C)=O)CCCCCC(=O)N1C. The first-order valence-corrected chi connectivity index (χ1v) is 13.8. The molecule has 2 rings (SSSR count). The summed E-state index contributed by atoms with van der Waals surface area (Å²) in [7, 11) is 1.90. The Morgan fingerprint density at radius 2 is 1.97 bits per heavy atom. The fraction of sp³-hybridized carbons (Fsp3) is 0.733. The summed E-state index contributed by atoms with van der Waals surface area (Å²) in [4.78, 5) is 26.3. The summed E-state index contributed by atoms with van der Waals surface area (Å²) < 4.78 is 11.3. The fourth-order valence-electron chi connectivity index (χ4n) is 5.35. The van der Waals surface area contributed by atoms with Crippen molar-refractivity contribution in [2.75, 3.05) is 7.05 Å². The molecule has 1 fully saturated rings. The molecule has 0 radical (unpaired) electrons. The van der Waals surface area contributed by atoms with E-state index in [4.69, 9.17) is 9.47 Å². The maximum atomic E-state index is 12.9. The number of allylic oxidation sites excluding steroid dienone is 3. The highest BCUT2D eigenvalue weighted by Crippen LogP contribution is 2.36. The van der Waals surface area contributed by atoms with E-state index in [1.165, 1.54) is 6.92 Å². The van der Waals surface area contributed by atoms with Gasteiger partial charge in [-0.3, -0.25) is 9.59 Å². The van der Waals surface area contributed by atoms with Crippen molar-refractivity contribution in [3.05, 3.63) is 36.0 Å². The number of amides is 1. The molecule has 0 spiro atoms. The molecule has 1 amide bonds. The standard InChI is InChI=1S/C30H49NO5/c1-8-26(33)23(5)30-27(36-30)19-20(2)13-12-14-21(3)29-22(4)17-18-25(35-24(6)32)15-10-9-11-16-28(34)31(29)7/h12-14,17-18,20,22-23,25-27,29-30,33H,8-11,15-16,19H2,1-7H3/b13-12+,18-17+,21-14+/t20-,22+,23-,25?,26+,27+,29?,30-/m1/s1. The Bertz CT molecular complexity index is 803. The summed E-state index contributed by atoms with van der Waals surface area (Å²) in [5.74, 6) is 0.505. The maximum Gasteiger partial charge on any atom is 0.303 e. The topological polar surface area (TPSA) is 79.4 Å². The molecule has 0 aliphatic carbocycles. The Labute approximate surface area is 218 Å². The van der Waals surface area contributed by atoms with Crippen molar-refractivity contribution in [1.29, 1.82) is 0 Å². The summed E-state index contributed by atoms with van der Waals surface area (Å²) in [5.41, 5.74) is 1.12. The number of epoxide rings is 1. The molecule has 0 bridgehead atoms. The van der Waals surface area contributed by atoms with Gasteiger partial charge in [-0.1, -0.05) is 64.0 Å². The Hall–Kier alpha value is -1.92. The molecule has 6 heteroatoms. The van der Waals surface area contributed by atoms with Gasteiger partial charge in [0.05, 0.1) is 24.4 Å². The van der Waals surface area contributed by atoms with Gasteiger partial charge in [-0.2, -0.15) is 0 Å². The molecule has 1 saturated heterocycles. The van der Waals surface area contributed by atoms with Crippen LogP contribution in [0.15, 0.2) is 36.0 Å². The van der Waals surface area contributed by atoms with E-state index in [1.807, 2.05) is 24.9 Å². The average molecular weight is 504 g/mol. The molecule has 204 valence electrons. The Balaban J connectivity index is 2.07. The zero-order chi connectivity index (χ0) is 26.8. The van der Waals surface area contributed by atoms with Gasteiger partial charge in [0.2, 0.25) is 5.91 Å². The molecule has 2 aliphatic heterocycles. The highest BCUT2D eigenvalue weighted by atomic mass is 16.6. The van der Waals surface area contributed by atoms with E-state index in [0.717, 1.165) is 44.1 Å². The van der Waals surface area contributed by atoms with Gasteiger partial charge in [0, 0.05) is 26.3 Å². The lowest BCUT2D eigenvalue weighted by molar-refractivity contribution is -0.144. The smallest absolute Gasteiger partial charge is 0.303 e. The molecular weight excluding hydrogens is 454 g/mol. The van der Waals surface area contributed by atoms with Crippen molar-refractivity contribution in [2.24, 2.45) is 17.8 Å². The monoisotopic (exact) mass is 503 g/mol. The fourth-order valence-corrected chi connectivity index (χ4v) is 5.35. The molecular formula is C30H49NO5. The lowest BCUT2D eigenvalue weighted by Crippen LogP contribution is -2.41. The van der Waals surface area contributed by atoms with Crippen molar-refractivity contribution in [1.82, 2.24) is 4.90 Å². The number of hydrogen-bond donors (Lipinski definition) is 1. The maximum absolute atomic E-state index is 12.9. The Morgan fingerprint density at radius 1 is 1.25 bits per heavy atom. The van der Waals surface area contributed by atoms with Crippen LogP contribution in [-0.2, 0) is 19.1 Å². The van der Waals surface area contributed by atoms with Gasteiger partial charge >= 0.3 is 5.97 Å². The molecule has 2 unspecified atom stereocenters. The summed E-state index contributed by atoms with van der Waals surface area (Å²) in [6, 6.07) is -0.0707. The minimum Gasteiger partial charge on any atom is -0.458 e. The van der Waals surface area contributed by atoms with Crippen LogP contribution in [0.4, 0.5) is 0 Å². The summed E-state index contributed by atoms with van der Waals surface area (Å²) >= 11 is 0. The van der Waals surface area contributed by atoms with E-state index in [1.54, 1.807) is 0 Å². The number of carbonyl (C=O) groups excluding carboxylic acids is 2. The number of hydrogen-bond acceptors (Lipinski definition) is 5. The molecule has 1 N–H and O–H groups in total. The molecule has 36 heavy (non-hydrogen) atoms. The van der Waals surface area contributed by atoms with Crippen LogP contribution in [0.2, 0.25) is 0 Å². The number of carbonyl (C=O) groups is 2. The first kappa shape index (κ1) is 30.3. The third-order valence-corrected chi connectivity index (χ3v) is 7.67. The van der Waals surface area contributed by atoms with E-state index in [-0.39, 0.29) is 54.2 Å². The van der Waals surface area contributed by atoms with Gasteiger partial charge in [0.15, 0.2) is 0 Å². The third kappa shape index (κ3) is 9.51. The largest absolute Gasteiger partial charge is 0.458 e. The molecule has 0 aromatic rings. The van der Waals surface area contributed by atoms with Crippen LogP contribution < -0.4 is 0 Å². The second-order valence-corrected chi connectivity index (χ2v) is 10.9. The zero-order valence-electron chi connectivity index (χ0n) is 23.5. The quantitative estimate of drug-likeness (QED) is 0.192. The lowest BCUT2D eigenvalue weighted by Gasteiger charge is -2.33. The van der Waals surface area contributed by atoms with Crippen LogP contribution >= 0.6 is 0 Å². The highest BCUT2D eigenvalue weighted by Gasteiger charge is 2.44. The average Bonchev–Trinajstić information content (AvgIpc) is 3.58. The predicted octanol–water partition coefficient (Wildman–Crippen LogP) is 5.60. The zero-order valence-corrected chi connectivity index (χ0v) is 23.5. The van der Waals surface area contributed by atoms with E-state index in [0.29, 0.717) is 12.3 Å². The van der Waals surface area contributed by atoms with E-state index in [9.17, 15) is 14.7 Å². The predicted molar refractivity (Wildman–Crippen MR) is 144 cm³/mol. The van der Waals surface area contributed by atoms with Crippen molar-refractivity contribution in [3.63, 3.8) is 0 Å². The number of nitrogens with zero attached hydrogens (tertiary/aromatic N) is 1. The number of aliphatic hydroxyl groups excluding tert-OH is 1. The van der Waals surface area contributed by atoms with Crippen LogP contribution in [0.5, 0.6) is 0 Å². The van der Waals surface area contributed by atoms with Gasteiger partial charge in [-0.15, -0.1) is 0 Å². The number of likely N-dealkylation sites (N-methyl/N-ethyl adjacent to an activating group) is 1. The summed E-state index contributed by atoms with van der Waals surface area (Å²) in [6.45, 7) is 11.9. The van der Waals surface area contributed by atoms with Crippen LogP contribution in [0.3, 0.4) is 0 Å². The van der Waals surface area contributed by atoms with E-state index in [2.05, 4.69) is 52.0 Å². The van der Waals surface area contributed by atoms with Crippen LogP contribution in [0.25, 0.3) is 0 Å². The number of aliphatic hydroxyl groups is 1. The molecule has 8 atom stereocenters. The number of ether oxygens (including phenoxy) is 2. The van der Waals surface area contributed by atoms with E-state index >= 15 is 0 Å². The summed E-state index contributed by atoms with van der Waals surface area (Å²) in [5, 5.41) is 10.1. The highest BCUT2D eigenvalue weighted by molar-refractivity contribution is 5.76. The van der Waals surface area contributed by atoms with Crippen LogP contribution in [-0.4, -0.2) is 59.4 Å². The molecule has 6 nitrogen and oxygen atoms in total. The molecule has 0 aromatic heterocycles. The minimum atomic E-state index is -0.303. The Morgan fingerprint density at radius 3 is 2.64 bits per heavy atom. The third-order valence-electron chi connectivity index (χ3n) is 7.67. The van der Waals surface area contributed by atoms with Crippen LogP contribution in [0.1, 0.15) is 86.5 Å². The molecule has 2 aliphatic rings. The van der Waals surface area contributed by atoms with Gasteiger partial charge in [0.1, 0.15) is 6.10 Å². The molecule has 0 saturated carbocycles. The lowest BCUT2D eigenvalue weighted by atomic mass is 9.91. The van der Waals surface area contributed by atoms with Gasteiger partial charge in [-0.05, 0) is 56.9 Å².